The van der Waals surface area contributed by atoms with E-state index in [4.69, 9.17) is 4.74 Å². The van der Waals surface area contributed by atoms with Crippen LogP contribution in [0.4, 0.5) is 4.39 Å². The van der Waals surface area contributed by atoms with Crippen LogP contribution in [0, 0.1) is 11.2 Å². The van der Waals surface area contributed by atoms with Crippen molar-refractivity contribution in [1.82, 2.24) is 10.6 Å². The van der Waals surface area contributed by atoms with Crippen molar-refractivity contribution in [1.29, 1.82) is 0 Å². The number of ether oxygens (including phenoxy) is 1. The molecule has 4 N–H and O–H groups in total. The van der Waals surface area contributed by atoms with Crippen LogP contribution < -0.4 is 10.6 Å². The monoisotopic (exact) mass is 414 g/mol. The van der Waals surface area contributed by atoms with Crippen molar-refractivity contribution in [3.8, 4) is 5.75 Å². The molecule has 7 nitrogen and oxygen atoms in total. The molecule has 1 atom stereocenters. The smallest absolute Gasteiger partial charge is 0.251 e. The molecule has 8 heteroatoms. The summed E-state index contributed by atoms with van der Waals surface area (Å²) in [6.07, 6.45) is 0.190. The normalized spacial score (nSPS) is 12.4. The highest BCUT2D eigenvalue weighted by Gasteiger charge is 2.26. The average Bonchev–Trinajstić information content (AvgIpc) is 2.61. The molecule has 0 aliphatic heterocycles. The highest BCUT2D eigenvalue weighted by Crippen LogP contribution is 2.23. The number of aliphatic hydroxyl groups is 1. The summed E-state index contributed by atoms with van der Waals surface area (Å²) in [5.41, 5.74) is -0.348. The fourth-order valence-electron chi connectivity index (χ4n) is 2.20. The maximum Gasteiger partial charge on any atom is 0.251 e. The molecule has 0 aliphatic rings. The van der Waals surface area contributed by atoms with Crippen LogP contribution in [0.1, 0.15) is 65.2 Å². The fraction of sp³-hybridized carbons (Fsp3) is 0.619. The third kappa shape index (κ3) is 11.4. The lowest BCUT2D eigenvalue weighted by atomic mass is 9.90. The summed E-state index contributed by atoms with van der Waals surface area (Å²) in [6.45, 7) is 12.9. The molecule has 29 heavy (non-hydrogen) atoms. The van der Waals surface area contributed by atoms with Gasteiger partial charge in [-0.3, -0.25) is 9.59 Å². The van der Waals surface area contributed by atoms with Gasteiger partial charge in [0.1, 0.15) is 0 Å². The van der Waals surface area contributed by atoms with Gasteiger partial charge in [0.2, 0.25) is 5.91 Å². The molecule has 166 valence electrons. The van der Waals surface area contributed by atoms with Gasteiger partial charge in [-0.25, -0.2) is 4.39 Å². The van der Waals surface area contributed by atoms with Crippen LogP contribution in [0.3, 0.4) is 0 Å². The third-order valence-electron chi connectivity index (χ3n) is 3.65. The van der Waals surface area contributed by atoms with Crippen molar-refractivity contribution in [2.24, 2.45) is 5.41 Å². The van der Waals surface area contributed by atoms with Gasteiger partial charge < -0.3 is 25.6 Å². The standard InChI is InChI=1S/C19H29FN2O5.C2H6/c1-12(22-17(25)13-6-7-14(20)15(23)8-13)10-21-16(24)9-18(2,3)11-27-19(4,5)26;1-2/h6-8,12,23,26H,9-11H2,1-5H3,(H,21,24)(H,22,25);1-2H3/t12-;/m0./s1. The summed E-state index contributed by atoms with van der Waals surface area (Å²) in [6, 6.07) is 2.95. The van der Waals surface area contributed by atoms with Crippen LogP contribution in [0.5, 0.6) is 5.75 Å². The maximum atomic E-state index is 13.0. The number of benzene rings is 1. The SMILES string of the molecule is CC.C[C@@H](CNC(=O)CC(C)(C)COC(C)(C)O)NC(=O)c1ccc(F)c(O)c1. The molecular formula is C21H35FN2O5. The van der Waals surface area contributed by atoms with E-state index in [0.29, 0.717) is 0 Å². The molecule has 0 bridgehead atoms. The van der Waals surface area contributed by atoms with Crippen LogP contribution in [0.15, 0.2) is 18.2 Å². The third-order valence-corrected chi connectivity index (χ3v) is 3.65. The minimum atomic E-state index is -1.26. The van der Waals surface area contributed by atoms with Crippen LogP contribution in [0.25, 0.3) is 0 Å². The van der Waals surface area contributed by atoms with E-state index >= 15 is 0 Å². The first-order valence-electron chi connectivity index (χ1n) is 9.71. The molecule has 0 saturated carbocycles. The van der Waals surface area contributed by atoms with Crippen LogP contribution >= 0.6 is 0 Å². The molecule has 0 spiro atoms. The molecular weight excluding hydrogens is 379 g/mol. The Kier molecular flexibility index (Phi) is 10.8. The Balaban J connectivity index is 0.00000379. The second-order valence-corrected chi connectivity index (χ2v) is 7.92. The Bertz CT molecular complexity index is 672. The lowest BCUT2D eigenvalue weighted by molar-refractivity contribution is -0.192. The van der Waals surface area contributed by atoms with E-state index < -0.39 is 28.7 Å². The topological polar surface area (TPSA) is 108 Å². The van der Waals surface area contributed by atoms with Crippen molar-refractivity contribution in [2.75, 3.05) is 13.2 Å². The summed E-state index contributed by atoms with van der Waals surface area (Å²) < 4.78 is 18.3. The van der Waals surface area contributed by atoms with E-state index in [-0.39, 0.29) is 37.1 Å². The largest absolute Gasteiger partial charge is 0.505 e. The first kappa shape index (κ1) is 26.8. The van der Waals surface area contributed by atoms with Gasteiger partial charge in [-0.1, -0.05) is 27.7 Å². The van der Waals surface area contributed by atoms with E-state index in [0.717, 1.165) is 12.1 Å². The van der Waals surface area contributed by atoms with Gasteiger partial charge in [0.15, 0.2) is 17.4 Å². The molecule has 0 saturated heterocycles. The molecule has 0 aromatic heterocycles. The molecule has 1 rings (SSSR count). The van der Waals surface area contributed by atoms with Crippen molar-refractivity contribution in [3.63, 3.8) is 0 Å². The Labute approximate surface area is 172 Å². The number of halogens is 1. The number of phenols is 1. The molecule has 1 aromatic rings. The molecule has 1 aromatic carbocycles. The number of rotatable bonds is 9. The second-order valence-electron chi connectivity index (χ2n) is 7.92. The van der Waals surface area contributed by atoms with E-state index in [1.165, 1.54) is 19.9 Å². The van der Waals surface area contributed by atoms with E-state index in [1.54, 1.807) is 6.92 Å². The number of hydrogen-bond acceptors (Lipinski definition) is 5. The quantitative estimate of drug-likeness (QED) is 0.465. The van der Waals surface area contributed by atoms with Gasteiger partial charge in [-0.2, -0.15) is 0 Å². The first-order valence-corrected chi connectivity index (χ1v) is 9.71. The zero-order valence-corrected chi connectivity index (χ0v) is 18.4. The molecule has 0 heterocycles. The zero-order valence-electron chi connectivity index (χ0n) is 18.4. The number of aromatic hydroxyl groups is 1. The van der Waals surface area contributed by atoms with Crippen molar-refractivity contribution < 1.29 is 28.9 Å². The highest BCUT2D eigenvalue weighted by atomic mass is 19.1. The molecule has 2 amide bonds. The van der Waals surface area contributed by atoms with Gasteiger partial charge in [0.25, 0.3) is 5.91 Å². The van der Waals surface area contributed by atoms with E-state index in [1.807, 2.05) is 27.7 Å². The van der Waals surface area contributed by atoms with Gasteiger partial charge >= 0.3 is 0 Å². The second kappa shape index (κ2) is 11.7. The predicted molar refractivity (Wildman–Crippen MR) is 110 cm³/mol. The zero-order chi connectivity index (χ0) is 22.8. The molecule has 0 unspecified atom stereocenters. The number of phenolic OH excluding ortho intramolecular Hbond substituents is 1. The van der Waals surface area contributed by atoms with Crippen LogP contribution in [-0.2, 0) is 9.53 Å². The van der Waals surface area contributed by atoms with Crippen molar-refractivity contribution in [2.45, 2.75) is 66.7 Å². The predicted octanol–water partition coefficient (Wildman–Crippen LogP) is 2.95. The summed E-state index contributed by atoms with van der Waals surface area (Å²) in [7, 11) is 0. The Morgan fingerprint density at radius 2 is 1.79 bits per heavy atom. The lowest BCUT2D eigenvalue weighted by Crippen LogP contribution is -2.43. The summed E-state index contributed by atoms with van der Waals surface area (Å²) in [5.74, 6) is -3.35. The van der Waals surface area contributed by atoms with Gasteiger partial charge in [-0.05, 0) is 44.4 Å². The minimum Gasteiger partial charge on any atom is -0.505 e. The minimum absolute atomic E-state index is 0.122. The maximum absolute atomic E-state index is 13.0. The number of nitrogens with one attached hydrogen (secondary N) is 2. The van der Waals surface area contributed by atoms with E-state index in [9.17, 15) is 24.2 Å². The van der Waals surface area contributed by atoms with Crippen LogP contribution in [0.2, 0.25) is 0 Å². The first-order chi connectivity index (χ1) is 13.3. The van der Waals surface area contributed by atoms with E-state index in [2.05, 4.69) is 10.6 Å². The van der Waals surface area contributed by atoms with Gasteiger partial charge in [0, 0.05) is 24.6 Å². The molecule has 0 aliphatic carbocycles. The number of amides is 2. The highest BCUT2D eigenvalue weighted by molar-refractivity contribution is 5.94. The average molecular weight is 415 g/mol. The summed E-state index contributed by atoms with van der Waals surface area (Å²) >= 11 is 0. The number of carbonyl (C=O) groups is 2. The Hall–Kier alpha value is -2.19. The van der Waals surface area contributed by atoms with Crippen molar-refractivity contribution >= 4 is 11.8 Å². The fourth-order valence-corrected chi connectivity index (χ4v) is 2.20. The lowest BCUT2D eigenvalue weighted by Gasteiger charge is -2.28. The Morgan fingerprint density at radius 1 is 1.21 bits per heavy atom. The number of hydrogen-bond donors (Lipinski definition) is 4. The summed E-state index contributed by atoms with van der Waals surface area (Å²) in [5, 5.41) is 24.3. The summed E-state index contributed by atoms with van der Waals surface area (Å²) in [4.78, 5) is 24.2. The molecule has 0 fully saturated rings. The van der Waals surface area contributed by atoms with Gasteiger partial charge in [0.05, 0.1) is 6.61 Å². The molecule has 0 radical (unpaired) electrons. The Morgan fingerprint density at radius 3 is 2.31 bits per heavy atom. The number of carbonyl (C=O) groups excluding carboxylic acids is 2. The van der Waals surface area contributed by atoms with Crippen LogP contribution in [-0.4, -0.2) is 47.0 Å². The van der Waals surface area contributed by atoms with Crippen molar-refractivity contribution in [3.05, 3.63) is 29.6 Å². The van der Waals surface area contributed by atoms with Gasteiger partial charge in [-0.15, -0.1) is 0 Å².